The number of carbonyl (C=O) groups excluding carboxylic acids is 1. The molecular formula is C25H18Cl2N4O2. The van der Waals surface area contributed by atoms with Crippen LogP contribution in [-0.4, -0.2) is 20.9 Å². The average Bonchev–Trinajstić information content (AvgIpc) is 3.45. The molecule has 0 spiro atoms. The Bertz CT molecular complexity index is 1520. The number of benzene rings is 3. The molecule has 0 bridgehead atoms. The molecule has 0 radical (unpaired) electrons. The Balaban J connectivity index is 1.38. The van der Waals surface area contributed by atoms with Crippen LogP contribution >= 0.6 is 23.2 Å². The van der Waals surface area contributed by atoms with Crippen molar-refractivity contribution in [1.82, 2.24) is 15.0 Å². The van der Waals surface area contributed by atoms with Gasteiger partial charge in [-0.3, -0.25) is 4.79 Å². The van der Waals surface area contributed by atoms with E-state index in [-0.39, 0.29) is 11.7 Å². The molecule has 0 saturated carbocycles. The number of nitrogens with one attached hydrogen (secondary N) is 1. The van der Waals surface area contributed by atoms with Crippen LogP contribution in [0, 0.1) is 13.8 Å². The van der Waals surface area contributed by atoms with Crippen LogP contribution in [0.15, 0.2) is 71.1 Å². The molecule has 2 heterocycles. The second-order valence-corrected chi connectivity index (χ2v) is 8.47. The summed E-state index contributed by atoms with van der Waals surface area (Å²) >= 11 is 12.4. The smallest absolute Gasteiger partial charge is 0.291 e. The number of hydrogen-bond acceptors (Lipinski definition) is 4. The fraction of sp³-hybridized carbons (Fsp3) is 0.0800. The van der Waals surface area contributed by atoms with Gasteiger partial charge in [0.05, 0.1) is 5.69 Å². The second kappa shape index (κ2) is 8.39. The van der Waals surface area contributed by atoms with Crippen molar-refractivity contribution in [3.8, 4) is 17.0 Å². The van der Waals surface area contributed by atoms with E-state index in [0.717, 1.165) is 22.4 Å². The predicted octanol–water partition coefficient (Wildman–Crippen LogP) is 6.86. The fourth-order valence-corrected chi connectivity index (χ4v) is 3.84. The minimum Gasteiger partial charge on any atom is -0.451 e. The van der Waals surface area contributed by atoms with Gasteiger partial charge in [-0.15, -0.1) is 10.2 Å². The summed E-state index contributed by atoms with van der Waals surface area (Å²) in [7, 11) is 0. The molecule has 0 saturated heterocycles. The van der Waals surface area contributed by atoms with Crippen molar-refractivity contribution in [3.63, 3.8) is 0 Å². The quantitative estimate of drug-likeness (QED) is 0.307. The van der Waals surface area contributed by atoms with Crippen LogP contribution in [0.1, 0.15) is 21.7 Å². The molecule has 164 valence electrons. The average molecular weight is 477 g/mol. The number of halogens is 2. The van der Waals surface area contributed by atoms with E-state index in [1.807, 2.05) is 50.2 Å². The van der Waals surface area contributed by atoms with Gasteiger partial charge >= 0.3 is 0 Å². The summed E-state index contributed by atoms with van der Waals surface area (Å²) in [4.78, 5) is 14.3. The highest BCUT2D eigenvalue weighted by Gasteiger charge is 2.15. The van der Waals surface area contributed by atoms with E-state index in [1.165, 1.54) is 4.80 Å². The van der Waals surface area contributed by atoms with Crippen molar-refractivity contribution in [3.05, 3.63) is 93.7 Å². The lowest BCUT2D eigenvalue weighted by Crippen LogP contribution is -2.10. The Morgan fingerprint density at radius 1 is 0.909 bits per heavy atom. The zero-order valence-corrected chi connectivity index (χ0v) is 19.3. The molecular weight excluding hydrogens is 459 g/mol. The van der Waals surface area contributed by atoms with Gasteiger partial charge in [-0.05, 0) is 73.5 Å². The van der Waals surface area contributed by atoms with E-state index < -0.39 is 0 Å². The zero-order valence-electron chi connectivity index (χ0n) is 17.8. The number of rotatable bonds is 4. The minimum absolute atomic E-state index is 0.197. The Hall–Kier alpha value is -3.61. The molecule has 0 fully saturated rings. The van der Waals surface area contributed by atoms with Crippen LogP contribution in [0.2, 0.25) is 10.0 Å². The Labute approximate surface area is 199 Å². The Morgan fingerprint density at radius 2 is 1.73 bits per heavy atom. The van der Waals surface area contributed by atoms with Crippen molar-refractivity contribution in [1.29, 1.82) is 0 Å². The van der Waals surface area contributed by atoms with Crippen LogP contribution in [0.3, 0.4) is 0 Å². The first-order chi connectivity index (χ1) is 15.9. The third kappa shape index (κ3) is 4.11. The summed E-state index contributed by atoms with van der Waals surface area (Å²) in [5.74, 6) is 0.413. The van der Waals surface area contributed by atoms with E-state index >= 15 is 0 Å². The molecule has 1 amide bonds. The van der Waals surface area contributed by atoms with E-state index in [1.54, 1.807) is 30.3 Å². The monoisotopic (exact) mass is 476 g/mol. The fourth-order valence-electron chi connectivity index (χ4n) is 3.49. The third-order valence-corrected chi connectivity index (χ3v) is 6.20. The maximum atomic E-state index is 12.8. The number of amides is 1. The summed E-state index contributed by atoms with van der Waals surface area (Å²) in [6.45, 7) is 3.85. The molecule has 0 atom stereocenters. The highest BCUT2D eigenvalue weighted by Crippen LogP contribution is 2.30. The zero-order chi connectivity index (χ0) is 23.1. The Morgan fingerprint density at radius 3 is 2.55 bits per heavy atom. The Kier molecular flexibility index (Phi) is 5.40. The van der Waals surface area contributed by atoms with Crippen LogP contribution in [-0.2, 0) is 0 Å². The third-order valence-electron chi connectivity index (χ3n) is 5.39. The first kappa shape index (κ1) is 21.2. The second-order valence-electron chi connectivity index (χ2n) is 7.66. The summed E-state index contributed by atoms with van der Waals surface area (Å²) in [5, 5.41) is 13.1. The van der Waals surface area contributed by atoms with Gasteiger partial charge in [-0.1, -0.05) is 41.4 Å². The molecule has 2 aromatic heterocycles. The van der Waals surface area contributed by atoms with E-state index in [2.05, 4.69) is 15.5 Å². The molecule has 1 N–H and O–H groups in total. The van der Waals surface area contributed by atoms with E-state index in [9.17, 15) is 4.79 Å². The number of fused-ring (bicyclic) bond motifs is 1. The molecule has 6 nitrogen and oxygen atoms in total. The van der Waals surface area contributed by atoms with Gasteiger partial charge in [0.15, 0.2) is 5.76 Å². The van der Waals surface area contributed by atoms with Crippen molar-refractivity contribution >= 4 is 45.8 Å². The van der Waals surface area contributed by atoms with E-state index in [0.29, 0.717) is 32.5 Å². The number of aromatic nitrogens is 3. The van der Waals surface area contributed by atoms with E-state index in [4.69, 9.17) is 27.6 Å². The van der Waals surface area contributed by atoms with Crippen LogP contribution in [0.25, 0.3) is 28.0 Å². The van der Waals surface area contributed by atoms with Gasteiger partial charge in [-0.2, -0.15) is 4.80 Å². The molecule has 0 aliphatic heterocycles. The van der Waals surface area contributed by atoms with Crippen LogP contribution in [0.4, 0.5) is 5.69 Å². The van der Waals surface area contributed by atoms with Gasteiger partial charge in [0.1, 0.15) is 16.8 Å². The summed E-state index contributed by atoms with van der Waals surface area (Å²) in [6.07, 6.45) is 0. The number of aryl methyl sites for hydroxylation is 1. The first-order valence-electron chi connectivity index (χ1n) is 10.2. The van der Waals surface area contributed by atoms with Gasteiger partial charge < -0.3 is 9.73 Å². The van der Waals surface area contributed by atoms with Gasteiger partial charge in [0.2, 0.25) is 0 Å². The van der Waals surface area contributed by atoms with Gasteiger partial charge in [0.25, 0.3) is 5.91 Å². The maximum Gasteiger partial charge on any atom is 0.291 e. The van der Waals surface area contributed by atoms with Crippen molar-refractivity contribution in [2.24, 2.45) is 0 Å². The summed E-state index contributed by atoms with van der Waals surface area (Å²) in [5.41, 5.74) is 5.39. The summed E-state index contributed by atoms with van der Waals surface area (Å²) in [6, 6.07) is 19.9. The van der Waals surface area contributed by atoms with Gasteiger partial charge in [-0.25, -0.2) is 0 Å². The topological polar surface area (TPSA) is 73.0 Å². The molecule has 5 rings (SSSR count). The summed E-state index contributed by atoms with van der Waals surface area (Å²) < 4.78 is 5.79. The van der Waals surface area contributed by atoms with Crippen LogP contribution in [0.5, 0.6) is 0 Å². The highest BCUT2D eigenvalue weighted by molar-refractivity contribution is 6.32. The predicted molar refractivity (Wildman–Crippen MR) is 130 cm³/mol. The number of furan rings is 1. The number of anilines is 1. The maximum absolute atomic E-state index is 12.8. The lowest BCUT2D eigenvalue weighted by atomic mass is 10.1. The largest absolute Gasteiger partial charge is 0.451 e. The number of carbonyl (C=O) groups is 1. The lowest BCUT2D eigenvalue weighted by molar-refractivity contribution is 0.0997. The molecule has 8 heteroatoms. The lowest BCUT2D eigenvalue weighted by Gasteiger charge is -2.05. The SMILES string of the molecule is Cc1ccc(-n2nc3ccc(NC(=O)c4ccc(-c5cccc(Cl)c5C)o4)cc3n2)cc1Cl. The highest BCUT2D eigenvalue weighted by atomic mass is 35.5. The number of hydrogen-bond donors (Lipinski definition) is 1. The van der Waals surface area contributed by atoms with Crippen LogP contribution < -0.4 is 5.32 Å². The van der Waals surface area contributed by atoms with Gasteiger partial charge in [0, 0.05) is 21.3 Å². The first-order valence-corrected chi connectivity index (χ1v) is 10.9. The molecule has 3 aromatic carbocycles. The molecule has 5 aromatic rings. The van der Waals surface area contributed by atoms with Crippen molar-refractivity contribution in [2.45, 2.75) is 13.8 Å². The molecule has 33 heavy (non-hydrogen) atoms. The molecule has 0 aliphatic carbocycles. The van der Waals surface area contributed by atoms with Crippen molar-refractivity contribution < 1.29 is 9.21 Å². The number of nitrogens with zero attached hydrogens (tertiary/aromatic N) is 3. The minimum atomic E-state index is -0.363. The van der Waals surface area contributed by atoms with Crippen molar-refractivity contribution in [2.75, 3.05) is 5.32 Å². The molecule has 0 unspecified atom stereocenters. The standard InChI is InChI=1S/C25H18Cl2N4O2/c1-14-6-8-17(13-20(14)27)31-29-21-9-7-16(12-22(21)30-31)28-25(32)24-11-10-23(33-24)18-4-3-5-19(26)15(18)2/h3-13H,1-2H3,(H,28,32). The normalized spacial score (nSPS) is 11.2. The molecule has 0 aliphatic rings.